The van der Waals surface area contributed by atoms with Crippen LogP contribution >= 0.6 is 27.7 Å². The fraction of sp³-hybridized carbons (Fsp3) is 0. The number of aromatic nitrogens is 1. The quantitative estimate of drug-likeness (QED) is 0.618. The normalized spacial score (nSPS) is 10.7. The third kappa shape index (κ3) is 2.76. The standard InChI is InChI=1S/C16H10BrNOS/c17-13-8-6-12(7-9-13)16(19)20-14-5-1-3-11-4-2-10-18-15(11)14/h1-10H. The summed E-state index contributed by atoms with van der Waals surface area (Å²) >= 11 is 4.58. The van der Waals surface area contributed by atoms with E-state index in [1.807, 2.05) is 54.6 Å². The number of hydrogen-bond donors (Lipinski definition) is 0. The van der Waals surface area contributed by atoms with Crippen molar-refractivity contribution in [2.45, 2.75) is 4.90 Å². The van der Waals surface area contributed by atoms with E-state index in [-0.39, 0.29) is 5.12 Å². The molecule has 98 valence electrons. The number of thioether (sulfide) groups is 1. The van der Waals surface area contributed by atoms with Crippen molar-refractivity contribution in [3.8, 4) is 0 Å². The van der Waals surface area contributed by atoms with Crippen LogP contribution in [0.25, 0.3) is 10.9 Å². The molecule has 0 bridgehead atoms. The Balaban J connectivity index is 1.93. The fourth-order valence-electron chi connectivity index (χ4n) is 1.90. The summed E-state index contributed by atoms with van der Waals surface area (Å²) in [6, 6.07) is 17.1. The fourth-order valence-corrected chi connectivity index (χ4v) is 3.04. The van der Waals surface area contributed by atoms with E-state index in [1.165, 1.54) is 11.8 Å². The van der Waals surface area contributed by atoms with Crippen molar-refractivity contribution in [2.75, 3.05) is 0 Å². The summed E-state index contributed by atoms with van der Waals surface area (Å²) < 4.78 is 0.964. The summed E-state index contributed by atoms with van der Waals surface area (Å²) in [5.41, 5.74) is 1.55. The number of halogens is 1. The Morgan fingerprint density at radius 1 is 1.00 bits per heavy atom. The Kier molecular flexibility index (Phi) is 3.85. The van der Waals surface area contributed by atoms with Gasteiger partial charge in [-0.2, -0.15) is 0 Å². The molecule has 0 aliphatic rings. The molecule has 4 heteroatoms. The first-order valence-corrected chi connectivity index (χ1v) is 7.66. The first-order valence-electron chi connectivity index (χ1n) is 6.05. The Hall–Kier alpha value is -1.65. The van der Waals surface area contributed by atoms with Crippen LogP contribution in [0.5, 0.6) is 0 Å². The highest BCUT2D eigenvalue weighted by Crippen LogP contribution is 2.29. The highest BCUT2D eigenvalue weighted by atomic mass is 79.9. The van der Waals surface area contributed by atoms with Crippen molar-refractivity contribution in [3.63, 3.8) is 0 Å². The molecule has 0 N–H and O–H groups in total. The third-order valence-corrected chi connectivity index (χ3v) is 4.38. The van der Waals surface area contributed by atoms with Gasteiger partial charge in [0.25, 0.3) is 0 Å². The summed E-state index contributed by atoms with van der Waals surface area (Å²) in [5.74, 6) is 0. The average Bonchev–Trinajstić information content (AvgIpc) is 2.48. The molecule has 3 aromatic rings. The first kappa shape index (κ1) is 13.3. The van der Waals surface area contributed by atoms with Gasteiger partial charge in [0.1, 0.15) is 0 Å². The lowest BCUT2D eigenvalue weighted by molar-refractivity contribution is 0.108. The van der Waals surface area contributed by atoms with Gasteiger partial charge in [-0.15, -0.1) is 0 Å². The molecule has 0 saturated carbocycles. The number of para-hydroxylation sites is 1. The molecule has 0 spiro atoms. The number of pyridine rings is 1. The first-order chi connectivity index (χ1) is 9.74. The third-order valence-electron chi connectivity index (χ3n) is 2.88. The maximum absolute atomic E-state index is 12.3. The predicted molar refractivity (Wildman–Crippen MR) is 86.1 cm³/mol. The van der Waals surface area contributed by atoms with Crippen LogP contribution < -0.4 is 0 Å². The molecular formula is C16H10BrNOS. The number of benzene rings is 2. The van der Waals surface area contributed by atoms with Gasteiger partial charge in [-0.3, -0.25) is 9.78 Å². The molecule has 0 aliphatic carbocycles. The Bertz CT molecular complexity index is 766. The lowest BCUT2D eigenvalue weighted by Gasteiger charge is -2.04. The summed E-state index contributed by atoms with van der Waals surface area (Å²) in [5, 5.41) is 1.07. The number of carbonyl (C=O) groups is 1. The van der Waals surface area contributed by atoms with E-state index < -0.39 is 0 Å². The molecule has 0 saturated heterocycles. The van der Waals surface area contributed by atoms with E-state index in [0.29, 0.717) is 5.56 Å². The Morgan fingerprint density at radius 2 is 1.75 bits per heavy atom. The molecule has 0 radical (unpaired) electrons. The van der Waals surface area contributed by atoms with E-state index in [2.05, 4.69) is 20.9 Å². The second kappa shape index (κ2) is 5.77. The topological polar surface area (TPSA) is 30.0 Å². The van der Waals surface area contributed by atoms with Crippen molar-refractivity contribution >= 4 is 43.7 Å². The van der Waals surface area contributed by atoms with Gasteiger partial charge in [0.05, 0.1) is 5.52 Å². The van der Waals surface area contributed by atoms with Crippen LogP contribution in [0.3, 0.4) is 0 Å². The number of rotatable bonds is 2. The van der Waals surface area contributed by atoms with Gasteiger partial charge in [-0.25, -0.2) is 0 Å². The predicted octanol–water partition coefficient (Wildman–Crippen LogP) is 4.93. The molecule has 20 heavy (non-hydrogen) atoms. The summed E-state index contributed by atoms with van der Waals surface area (Å²) in [6.45, 7) is 0. The molecule has 1 heterocycles. The van der Waals surface area contributed by atoms with E-state index in [4.69, 9.17) is 0 Å². The smallest absolute Gasteiger partial charge is 0.224 e. The Morgan fingerprint density at radius 3 is 2.55 bits per heavy atom. The Labute approximate surface area is 129 Å². The van der Waals surface area contributed by atoms with Crippen LogP contribution in [0.4, 0.5) is 0 Å². The minimum Gasteiger partial charge on any atom is -0.281 e. The van der Waals surface area contributed by atoms with E-state index >= 15 is 0 Å². The van der Waals surface area contributed by atoms with E-state index in [9.17, 15) is 4.79 Å². The minimum atomic E-state index is 0.0238. The van der Waals surface area contributed by atoms with Gasteiger partial charge in [0.2, 0.25) is 5.12 Å². The van der Waals surface area contributed by atoms with Gasteiger partial charge < -0.3 is 0 Å². The lowest BCUT2D eigenvalue weighted by Crippen LogP contribution is -1.93. The average molecular weight is 344 g/mol. The SMILES string of the molecule is O=C(Sc1cccc2cccnc12)c1ccc(Br)cc1. The van der Waals surface area contributed by atoms with Crippen molar-refractivity contribution in [2.24, 2.45) is 0 Å². The second-order valence-corrected chi connectivity index (χ2v) is 6.16. The number of fused-ring (bicyclic) bond motifs is 1. The monoisotopic (exact) mass is 343 g/mol. The van der Waals surface area contributed by atoms with Crippen molar-refractivity contribution in [3.05, 3.63) is 70.8 Å². The number of hydrogen-bond acceptors (Lipinski definition) is 3. The highest BCUT2D eigenvalue weighted by Gasteiger charge is 2.10. The zero-order valence-electron chi connectivity index (χ0n) is 10.4. The highest BCUT2D eigenvalue weighted by molar-refractivity contribution is 9.10. The molecule has 3 rings (SSSR count). The van der Waals surface area contributed by atoms with Gasteiger partial charge in [0, 0.05) is 26.5 Å². The van der Waals surface area contributed by atoms with Crippen LogP contribution in [0.15, 0.2) is 70.2 Å². The molecule has 0 fully saturated rings. The molecule has 2 nitrogen and oxygen atoms in total. The minimum absolute atomic E-state index is 0.0238. The van der Waals surface area contributed by atoms with Gasteiger partial charge in [-0.1, -0.05) is 34.1 Å². The molecule has 0 aliphatic heterocycles. The molecule has 0 atom stereocenters. The van der Waals surface area contributed by atoms with Gasteiger partial charge in [0.15, 0.2) is 0 Å². The maximum Gasteiger partial charge on any atom is 0.224 e. The van der Waals surface area contributed by atoms with Crippen LogP contribution in [0, 0.1) is 0 Å². The van der Waals surface area contributed by atoms with Gasteiger partial charge in [-0.05, 0) is 48.2 Å². The molecule has 0 amide bonds. The molecule has 0 unspecified atom stereocenters. The molecular weight excluding hydrogens is 334 g/mol. The lowest BCUT2D eigenvalue weighted by atomic mass is 10.2. The largest absolute Gasteiger partial charge is 0.281 e. The second-order valence-electron chi connectivity index (χ2n) is 4.23. The van der Waals surface area contributed by atoms with Crippen LogP contribution in [0.1, 0.15) is 10.4 Å². The van der Waals surface area contributed by atoms with Crippen LogP contribution in [-0.2, 0) is 0 Å². The maximum atomic E-state index is 12.3. The zero-order valence-corrected chi connectivity index (χ0v) is 12.8. The van der Waals surface area contributed by atoms with Crippen molar-refractivity contribution in [1.29, 1.82) is 0 Å². The molecule has 1 aromatic heterocycles. The number of nitrogens with zero attached hydrogens (tertiary/aromatic N) is 1. The van der Waals surface area contributed by atoms with E-state index in [1.54, 1.807) is 6.20 Å². The van der Waals surface area contributed by atoms with E-state index in [0.717, 1.165) is 20.3 Å². The van der Waals surface area contributed by atoms with Crippen molar-refractivity contribution < 1.29 is 4.79 Å². The van der Waals surface area contributed by atoms with Crippen LogP contribution in [-0.4, -0.2) is 10.1 Å². The summed E-state index contributed by atoms with van der Waals surface area (Å²) in [7, 11) is 0. The number of carbonyl (C=O) groups excluding carboxylic acids is 1. The molecule has 2 aromatic carbocycles. The van der Waals surface area contributed by atoms with Crippen LogP contribution in [0.2, 0.25) is 0 Å². The summed E-state index contributed by atoms with van der Waals surface area (Å²) in [4.78, 5) is 17.5. The summed E-state index contributed by atoms with van der Waals surface area (Å²) in [6.07, 6.45) is 1.75. The van der Waals surface area contributed by atoms with Gasteiger partial charge >= 0.3 is 0 Å². The van der Waals surface area contributed by atoms with Crippen molar-refractivity contribution in [1.82, 2.24) is 4.98 Å². The zero-order chi connectivity index (χ0) is 13.9.